The number of ether oxygens (including phenoxy) is 1. The molecule has 0 aliphatic rings. The van der Waals surface area contributed by atoms with Crippen LogP contribution in [0.1, 0.15) is 25.0 Å². The molecule has 112 valence electrons. The maximum Gasteiger partial charge on any atom is 0.119 e. The Bertz CT molecular complexity index is 555. The summed E-state index contributed by atoms with van der Waals surface area (Å²) < 4.78 is 5.74. The molecule has 3 nitrogen and oxygen atoms in total. The third-order valence-electron chi connectivity index (χ3n) is 3.06. The number of hydrogen-bond acceptors (Lipinski definition) is 3. The molecular weight excluding hydrogens is 284 g/mol. The Morgan fingerprint density at radius 3 is 2.62 bits per heavy atom. The highest BCUT2D eigenvalue weighted by Crippen LogP contribution is 2.18. The van der Waals surface area contributed by atoms with Crippen LogP contribution in [0.5, 0.6) is 5.75 Å². The first-order valence-electron chi connectivity index (χ1n) is 7.16. The largest absolute Gasteiger partial charge is 0.489 e. The number of pyridine rings is 1. The monoisotopic (exact) mass is 304 g/mol. The van der Waals surface area contributed by atoms with Crippen LogP contribution in [0.4, 0.5) is 0 Å². The van der Waals surface area contributed by atoms with E-state index in [4.69, 9.17) is 16.3 Å². The van der Waals surface area contributed by atoms with Gasteiger partial charge in [-0.05, 0) is 36.2 Å². The maximum absolute atomic E-state index is 6.05. The van der Waals surface area contributed by atoms with Crippen molar-refractivity contribution in [3.05, 3.63) is 58.9 Å². The normalized spacial score (nSPS) is 10.9. The number of rotatable bonds is 7. The van der Waals surface area contributed by atoms with Crippen molar-refractivity contribution in [1.82, 2.24) is 10.3 Å². The van der Waals surface area contributed by atoms with Crippen molar-refractivity contribution < 1.29 is 4.74 Å². The third-order valence-corrected chi connectivity index (χ3v) is 3.40. The predicted octanol–water partition coefficient (Wildman–Crippen LogP) is 4.06. The van der Waals surface area contributed by atoms with Crippen molar-refractivity contribution in [3.63, 3.8) is 0 Å². The molecule has 0 fully saturated rings. The van der Waals surface area contributed by atoms with Crippen molar-refractivity contribution >= 4 is 11.6 Å². The molecule has 0 unspecified atom stereocenters. The molecule has 4 heteroatoms. The fourth-order valence-electron chi connectivity index (χ4n) is 1.89. The van der Waals surface area contributed by atoms with Crippen LogP contribution in [0.2, 0.25) is 5.02 Å². The van der Waals surface area contributed by atoms with Crippen molar-refractivity contribution in [2.75, 3.05) is 6.54 Å². The summed E-state index contributed by atoms with van der Waals surface area (Å²) in [7, 11) is 0. The van der Waals surface area contributed by atoms with Gasteiger partial charge < -0.3 is 10.1 Å². The summed E-state index contributed by atoms with van der Waals surface area (Å²) >= 11 is 6.05. The number of nitrogens with one attached hydrogen (secondary N) is 1. The molecule has 21 heavy (non-hydrogen) atoms. The van der Waals surface area contributed by atoms with Gasteiger partial charge in [0.05, 0.1) is 5.02 Å². The highest BCUT2D eigenvalue weighted by Gasteiger charge is 2.01. The predicted molar refractivity (Wildman–Crippen MR) is 86.6 cm³/mol. The molecule has 0 aliphatic heterocycles. The summed E-state index contributed by atoms with van der Waals surface area (Å²) in [5.74, 6) is 1.51. The SMILES string of the molecule is CC(C)CNCc1ccc(OCc2ccncc2Cl)cc1. The van der Waals surface area contributed by atoms with Gasteiger partial charge in [-0.2, -0.15) is 0 Å². The molecule has 0 bridgehead atoms. The summed E-state index contributed by atoms with van der Waals surface area (Å²) in [5, 5.41) is 4.05. The molecule has 1 N–H and O–H groups in total. The van der Waals surface area contributed by atoms with E-state index < -0.39 is 0 Å². The minimum Gasteiger partial charge on any atom is -0.489 e. The van der Waals surface area contributed by atoms with Crippen LogP contribution in [0.15, 0.2) is 42.7 Å². The Balaban J connectivity index is 1.84. The molecule has 0 aliphatic carbocycles. The Morgan fingerprint density at radius 2 is 1.95 bits per heavy atom. The van der Waals surface area contributed by atoms with Crippen LogP contribution in [0.25, 0.3) is 0 Å². The van der Waals surface area contributed by atoms with E-state index in [1.165, 1.54) is 5.56 Å². The van der Waals surface area contributed by atoms with E-state index in [0.717, 1.165) is 24.4 Å². The van der Waals surface area contributed by atoms with Gasteiger partial charge >= 0.3 is 0 Å². The van der Waals surface area contributed by atoms with E-state index in [-0.39, 0.29) is 0 Å². The van der Waals surface area contributed by atoms with Gasteiger partial charge in [-0.3, -0.25) is 4.98 Å². The zero-order chi connectivity index (χ0) is 15.1. The fourth-order valence-corrected chi connectivity index (χ4v) is 2.06. The van der Waals surface area contributed by atoms with E-state index >= 15 is 0 Å². The van der Waals surface area contributed by atoms with Crippen LogP contribution in [-0.2, 0) is 13.2 Å². The lowest BCUT2D eigenvalue weighted by molar-refractivity contribution is 0.306. The molecule has 0 saturated heterocycles. The van der Waals surface area contributed by atoms with Crippen molar-refractivity contribution in [3.8, 4) is 5.75 Å². The van der Waals surface area contributed by atoms with Gasteiger partial charge in [0.1, 0.15) is 12.4 Å². The fraction of sp³-hybridized carbons (Fsp3) is 0.353. The minimum atomic E-state index is 0.451. The molecular formula is C17H21ClN2O. The zero-order valence-electron chi connectivity index (χ0n) is 12.5. The first-order chi connectivity index (χ1) is 10.1. The number of aromatic nitrogens is 1. The lowest BCUT2D eigenvalue weighted by atomic mass is 10.2. The maximum atomic E-state index is 6.05. The van der Waals surface area contributed by atoms with Gasteiger partial charge in [0.2, 0.25) is 0 Å². The molecule has 2 aromatic rings. The lowest BCUT2D eigenvalue weighted by Gasteiger charge is -2.10. The molecule has 0 spiro atoms. The van der Waals surface area contributed by atoms with E-state index in [0.29, 0.717) is 17.5 Å². The average Bonchev–Trinajstić information content (AvgIpc) is 2.47. The summed E-state index contributed by atoms with van der Waals surface area (Å²) in [6.45, 7) is 6.77. The zero-order valence-corrected chi connectivity index (χ0v) is 13.2. The molecule has 0 amide bonds. The molecule has 0 saturated carbocycles. The molecule has 0 radical (unpaired) electrons. The van der Waals surface area contributed by atoms with Gasteiger partial charge in [0.15, 0.2) is 0 Å². The molecule has 0 atom stereocenters. The molecule has 1 aromatic heterocycles. The third kappa shape index (κ3) is 5.37. The number of hydrogen-bond donors (Lipinski definition) is 1. The van der Waals surface area contributed by atoms with E-state index in [9.17, 15) is 0 Å². The molecule has 1 heterocycles. The second-order valence-corrected chi connectivity index (χ2v) is 5.83. The van der Waals surface area contributed by atoms with Gasteiger partial charge in [0.25, 0.3) is 0 Å². The van der Waals surface area contributed by atoms with Gasteiger partial charge in [-0.1, -0.05) is 37.6 Å². The van der Waals surface area contributed by atoms with Gasteiger partial charge in [-0.25, -0.2) is 0 Å². The highest BCUT2D eigenvalue weighted by molar-refractivity contribution is 6.31. The summed E-state index contributed by atoms with van der Waals surface area (Å²) in [6, 6.07) is 10.0. The van der Waals surface area contributed by atoms with Crippen LogP contribution >= 0.6 is 11.6 Å². The number of nitrogens with zero attached hydrogens (tertiary/aromatic N) is 1. The smallest absolute Gasteiger partial charge is 0.119 e. The Hall–Kier alpha value is -1.58. The topological polar surface area (TPSA) is 34.1 Å². The first-order valence-corrected chi connectivity index (χ1v) is 7.54. The summed E-state index contributed by atoms with van der Waals surface area (Å²) in [4.78, 5) is 3.96. The second-order valence-electron chi connectivity index (χ2n) is 5.42. The Kier molecular flexibility index (Phi) is 6.03. The Labute approximate surface area is 131 Å². The van der Waals surface area contributed by atoms with Crippen molar-refractivity contribution in [2.24, 2.45) is 5.92 Å². The van der Waals surface area contributed by atoms with Crippen LogP contribution in [0, 0.1) is 5.92 Å². The van der Waals surface area contributed by atoms with Crippen LogP contribution in [0.3, 0.4) is 0 Å². The van der Waals surface area contributed by atoms with Crippen molar-refractivity contribution in [1.29, 1.82) is 0 Å². The molecule has 2 rings (SSSR count). The van der Waals surface area contributed by atoms with Crippen LogP contribution < -0.4 is 10.1 Å². The van der Waals surface area contributed by atoms with Gasteiger partial charge in [-0.15, -0.1) is 0 Å². The van der Waals surface area contributed by atoms with E-state index in [2.05, 4.69) is 36.3 Å². The number of benzene rings is 1. The average molecular weight is 305 g/mol. The highest BCUT2D eigenvalue weighted by atomic mass is 35.5. The van der Waals surface area contributed by atoms with Gasteiger partial charge in [0, 0.05) is 24.5 Å². The Morgan fingerprint density at radius 1 is 1.19 bits per heavy atom. The summed E-state index contributed by atoms with van der Waals surface area (Å²) in [6.07, 6.45) is 3.35. The van der Waals surface area contributed by atoms with Crippen molar-refractivity contribution in [2.45, 2.75) is 27.0 Å². The quantitative estimate of drug-likeness (QED) is 0.837. The lowest BCUT2D eigenvalue weighted by Crippen LogP contribution is -2.18. The molecule has 1 aromatic carbocycles. The van der Waals surface area contributed by atoms with E-state index in [1.54, 1.807) is 12.4 Å². The summed E-state index contributed by atoms with van der Waals surface area (Å²) in [5.41, 5.74) is 2.19. The van der Waals surface area contributed by atoms with E-state index in [1.807, 2.05) is 18.2 Å². The second kappa shape index (κ2) is 8.01. The van der Waals surface area contributed by atoms with Crippen LogP contribution in [-0.4, -0.2) is 11.5 Å². The number of halogens is 1. The standard InChI is InChI=1S/C17H21ClN2O/c1-13(2)9-20-10-14-3-5-16(6-4-14)21-12-15-7-8-19-11-17(15)18/h3-8,11,13,20H,9-10,12H2,1-2H3. The first kappa shape index (κ1) is 15.8. The minimum absolute atomic E-state index is 0.451.